The molecule has 0 radical (unpaired) electrons. The predicted octanol–water partition coefficient (Wildman–Crippen LogP) is 0.472. The fraction of sp³-hybridized carbons (Fsp3) is 0.300. The third-order valence-corrected chi connectivity index (χ3v) is 2.31. The molecule has 1 N–H and O–H groups in total. The molecule has 14 heavy (non-hydrogen) atoms. The van der Waals surface area contributed by atoms with Gasteiger partial charge in [-0.2, -0.15) is 5.26 Å². The molecule has 0 aromatic carbocycles. The quantitative estimate of drug-likeness (QED) is 0.610. The molecule has 1 rings (SSSR count). The minimum Gasteiger partial charge on any atom is -0.384 e. The van der Waals surface area contributed by atoms with Gasteiger partial charge in [-0.1, -0.05) is 0 Å². The van der Waals surface area contributed by atoms with Crippen molar-refractivity contribution in [3.63, 3.8) is 0 Å². The molecular formula is C10H10N2O2. The molecule has 0 aliphatic heterocycles. The number of allylic oxidation sites excluding steroid dienone is 3. The molecule has 0 fully saturated rings. The summed E-state index contributed by atoms with van der Waals surface area (Å²) in [6.45, 7) is 3.14. The normalized spacial score (nSPS) is 17.3. The molecule has 72 valence electrons. The van der Waals surface area contributed by atoms with Gasteiger partial charge in [-0.15, -0.1) is 0 Å². The Kier molecular flexibility index (Phi) is 2.52. The number of likely N-dealkylation sites (N-methyl/N-ethyl adjacent to an activating group) is 1. The van der Waals surface area contributed by atoms with E-state index in [4.69, 9.17) is 5.26 Å². The fourth-order valence-electron chi connectivity index (χ4n) is 1.29. The van der Waals surface area contributed by atoms with Crippen LogP contribution in [0.3, 0.4) is 0 Å². The third-order valence-electron chi connectivity index (χ3n) is 2.31. The van der Waals surface area contributed by atoms with Gasteiger partial charge in [0.25, 0.3) is 0 Å². The Morgan fingerprint density at radius 1 is 1.14 bits per heavy atom. The first-order valence-corrected chi connectivity index (χ1v) is 4.13. The maximum absolute atomic E-state index is 11.6. The number of Topliss-reactive ketones (excluding diaryl/α,β-unsaturated/α-hetero) is 2. The third kappa shape index (κ3) is 1.23. The van der Waals surface area contributed by atoms with Gasteiger partial charge in [0.1, 0.15) is 17.3 Å². The lowest BCUT2D eigenvalue weighted by Crippen LogP contribution is -2.28. The Morgan fingerprint density at radius 2 is 1.64 bits per heavy atom. The number of carbonyl (C=O) groups excluding carboxylic acids is 2. The van der Waals surface area contributed by atoms with E-state index in [1.54, 1.807) is 19.9 Å². The van der Waals surface area contributed by atoms with Crippen molar-refractivity contribution in [3.05, 3.63) is 22.4 Å². The van der Waals surface area contributed by atoms with E-state index < -0.39 is 0 Å². The van der Waals surface area contributed by atoms with Crippen LogP contribution in [0.25, 0.3) is 0 Å². The second kappa shape index (κ2) is 3.46. The second-order valence-corrected chi connectivity index (χ2v) is 3.02. The maximum Gasteiger partial charge on any atom is 0.206 e. The molecule has 0 aromatic heterocycles. The van der Waals surface area contributed by atoms with E-state index in [1.807, 2.05) is 0 Å². The minimum atomic E-state index is -0.367. The standard InChI is InChI=1S/C10H10N2O2/c1-5-6(2)10(14)8(12-3)7(4-11)9(5)13/h12H,1-3H3. The highest BCUT2D eigenvalue weighted by molar-refractivity contribution is 6.26. The van der Waals surface area contributed by atoms with Gasteiger partial charge in [0, 0.05) is 18.2 Å². The average molecular weight is 190 g/mol. The summed E-state index contributed by atoms with van der Waals surface area (Å²) in [4.78, 5) is 23.2. The number of ketones is 2. The number of nitrogens with zero attached hydrogens (tertiary/aromatic N) is 1. The Hall–Kier alpha value is -1.89. The number of hydrogen-bond donors (Lipinski definition) is 1. The van der Waals surface area contributed by atoms with Crippen molar-refractivity contribution in [2.24, 2.45) is 0 Å². The van der Waals surface area contributed by atoms with Crippen LogP contribution in [0.15, 0.2) is 22.4 Å². The molecule has 0 unspecified atom stereocenters. The van der Waals surface area contributed by atoms with Crippen LogP contribution in [0.2, 0.25) is 0 Å². The molecule has 0 amide bonds. The Balaban J connectivity index is 3.41. The minimum absolute atomic E-state index is 0.0967. The second-order valence-electron chi connectivity index (χ2n) is 3.02. The lowest BCUT2D eigenvalue weighted by atomic mass is 9.89. The summed E-state index contributed by atoms with van der Waals surface area (Å²) >= 11 is 0. The molecule has 0 saturated heterocycles. The Morgan fingerprint density at radius 3 is 2.07 bits per heavy atom. The molecule has 0 spiro atoms. The first-order valence-electron chi connectivity index (χ1n) is 4.13. The number of nitrogens with one attached hydrogen (secondary N) is 1. The highest BCUT2D eigenvalue weighted by Crippen LogP contribution is 2.21. The van der Waals surface area contributed by atoms with Gasteiger partial charge in [-0.3, -0.25) is 9.59 Å². The summed E-state index contributed by atoms with van der Waals surface area (Å²) in [6, 6.07) is 1.75. The van der Waals surface area contributed by atoms with Gasteiger partial charge in [-0.05, 0) is 13.8 Å². The van der Waals surface area contributed by atoms with Crippen LogP contribution >= 0.6 is 0 Å². The average Bonchev–Trinajstić information content (AvgIpc) is 2.20. The molecule has 0 bridgehead atoms. The monoisotopic (exact) mass is 190 g/mol. The SMILES string of the molecule is CNC1=C(C#N)C(=O)C(C)=C(C)C1=O. The summed E-state index contributed by atoms with van der Waals surface area (Å²) in [5.41, 5.74) is 0.755. The fourth-order valence-corrected chi connectivity index (χ4v) is 1.29. The summed E-state index contributed by atoms with van der Waals surface area (Å²) < 4.78 is 0. The molecule has 4 nitrogen and oxygen atoms in total. The van der Waals surface area contributed by atoms with Crippen LogP contribution in [0, 0.1) is 11.3 Å². The van der Waals surface area contributed by atoms with Crippen molar-refractivity contribution >= 4 is 11.6 Å². The highest BCUT2D eigenvalue weighted by Gasteiger charge is 2.29. The number of rotatable bonds is 1. The molecule has 0 atom stereocenters. The van der Waals surface area contributed by atoms with Crippen LogP contribution in [0.4, 0.5) is 0 Å². The molecule has 4 heteroatoms. The summed E-state index contributed by atoms with van der Waals surface area (Å²) in [6.07, 6.45) is 0. The van der Waals surface area contributed by atoms with Crippen molar-refractivity contribution in [1.29, 1.82) is 5.26 Å². The zero-order chi connectivity index (χ0) is 10.9. The largest absolute Gasteiger partial charge is 0.384 e. The van der Waals surface area contributed by atoms with Crippen molar-refractivity contribution in [2.75, 3.05) is 7.05 Å². The molecule has 0 heterocycles. The zero-order valence-electron chi connectivity index (χ0n) is 8.26. The van der Waals surface area contributed by atoms with E-state index in [9.17, 15) is 9.59 Å². The van der Waals surface area contributed by atoms with Crippen molar-refractivity contribution < 1.29 is 9.59 Å². The smallest absolute Gasteiger partial charge is 0.206 e. The Labute approximate surface area is 81.9 Å². The highest BCUT2D eigenvalue weighted by atomic mass is 16.1. The molecule has 0 saturated carbocycles. The van der Waals surface area contributed by atoms with Crippen molar-refractivity contribution in [2.45, 2.75) is 13.8 Å². The number of nitriles is 1. The van der Waals surface area contributed by atoms with Gasteiger partial charge in [0.2, 0.25) is 11.6 Å². The van der Waals surface area contributed by atoms with Crippen LogP contribution in [0.1, 0.15) is 13.8 Å². The van der Waals surface area contributed by atoms with Crippen molar-refractivity contribution in [1.82, 2.24) is 5.32 Å². The zero-order valence-corrected chi connectivity index (χ0v) is 8.26. The van der Waals surface area contributed by atoms with Crippen LogP contribution in [-0.2, 0) is 9.59 Å². The van der Waals surface area contributed by atoms with E-state index in [2.05, 4.69) is 5.32 Å². The van der Waals surface area contributed by atoms with Gasteiger partial charge in [-0.25, -0.2) is 0 Å². The molecule has 1 aliphatic carbocycles. The lowest BCUT2D eigenvalue weighted by Gasteiger charge is -2.15. The summed E-state index contributed by atoms with van der Waals surface area (Å²) in [7, 11) is 1.52. The first kappa shape index (κ1) is 10.2. The van der Waals surface area contributed by atoms with E-state index in [-0.39, 0.29) is 22.8 Å². The lowest BCUT2D eigenvalue weighted by molar-refractivity contribution is -0.116. The summed E-state index contributed by atoms with van der Waals surface area (Å²) in [5, 5.41) is 11.3. The summed E-state index contributed by atoms with van der Waals surface area (Å²) in [5.74, 6) is -0.643. The first-order chi connectivity index (χ1) is 6.54. The van der Waals surface area contributed by atoms with Crippen LogP contribution in [-0.4, -0.2) is 18.6 Å². The van der Waals surface area contributed by atoms with Gasteiger partial charge >= 0.3 is 0 Å². The van der Waals surface area contributed by atoms with Crippen molar-refractivity contribution in [3.8, 4) is 6.07 Å². The van der Waals surface area contributed by atoms with Gasteiger partial charge in [0.15, 0.2) is 0 Å². The van der Waals surface area contributed by atoms with Gasteiger partial charge < -0.3 is 5.32 Å². The van der Waals surface area contributed by atoms with E-state index in [0.29, 0.717) is 11.1 Å². The molecular weight excluding hydrogens is 180 g/mol. The van der Waals surface area contributed by atoms with Crippen LogP contribution in [0.5, 0.6) is 0 Å². The topological polar surface area (TPSA) is 70.0 Å². The molecule has 0 aromatic rings. The number of hydrogen-bond acceptors (Lipinski definition) is 4. The maximum atomic E-state index is 11.6. The van der Waals surface area contributed by atoms with Gasteiger partial charge in [0.05, 0.1) is 0 Å². The van der Waals surface area contributed by atoms with E-state index in [0.717, 1.165) is 0 Å². The van der Waals surface area contributed by atoms with E-state index >= 15 is 0 Å². The van der Waals surface area contributed by atoms with E-state index in [1.165, 1.54) is 7.05 Å². The Bertz CT molecular complexity index is 422. The number of carbonyl (C=O) groups is 2. The predicted molar refractivity (Wildman–Crippen MR) is 50.1 cm³/mol. The van der Waals surface area contributed by atoms with Crippen LogP contribution < -0.4 is 5.32 Å². The molecule has 1 aliphatic rings.